The van der Waals surface area contributed by atoms with Gasteiger partial charge in [-0.1, -0.05) is 27.7 Å². The molecule has 0 aliphatic heterocycles. The number of ether oxygens (including phenoxy) is 1. The highest BCUT2D eigenvalue weighted by molar-refractivity contribution is 7.99. The van der Waals surface area contributed by atoms with E-state index in [4.69, 9.17) is 4.74 Å². The SMILES string of the molecule is CCSc1cc(OCC(C)(C)C)cnc1-c1nc2cc(C(F)(F)F)ncc2n1C. The van der Waals surface area contributed by atoms with E-state index in [-0.39, 0.29) is 10.9 Å². The number of thioether (sulfide) groups is 1. The fourth-order valence-electron chi connectivity index (χ4n) is 2.69. The standard InChI is InChI=1S/C20H23F3N4OS/c1-6-29-15-7-12(28-11-19(2,3)4)9-25-17(15)18-26-13-8-16(20(21,22)23)24-10-14(13)27(18)5/h7-10H,6,11H2,1-5H3. The number of alkyl halides is 3. The van der Waals surface area contributed by atoms with E-state index in [0.29, 0.717) is 29.4 Å². The van der Waals surface area contributed by atoms with Gasteiger partial charge in [0.25, 0.3) is 0 Å². The third-order valence-electron chi connectivity index (χ3n) is 4.07. The Balaban J connectivity index is 2.04. The summed E-state index contributed by atoms with van der Waals surface area (Å²) in [7, 11) is 1.74. The summed E-state index contributed by atoms with van der Waals surface area (Å²) in [6.07, 6.45) is -1.69. The molecule has 0 N–H and O–H groups in total. The van der Waals surface area contributed by atoms with Gasteiger partial charge in [0.05, 0.1) is 30.0 Å². The minimum atomic E-state index is -4.51. The van der Waals surface area contributed by atoms with E-state index >= 15 is 0 Å². The molecule has 0 atom stereocenters. The Kier molecular flexibility index (Phi) is 5.80. The number of rotatable bonds is 5. The summed E-state index contributed by atoms with van der Waals surface area (Å²) < 4.78 is 46.5. The van der Waals surface area contributed by atoms with Gasteiger partial charge >= 0.3 is 6.18 Å². The van der Waals surface area contributed by atoms with Gasteiger partial charge in [-0.3, -0.25) is 0 Å². The van der Waals surface area contributed by atoms with Crippen molar-refractivity contribution >= 4 is 22.8 Å². The van der Waals surface area contributed by atoms with Crippen LogP contribution in [0.25, 0.3) is 22.6 Å². The Hall–Kier alpha value is -2.29. The second-order valence-electron chi connectivity index (χ2n) is 7.85. The van der Waals surface area contributed by atoms with Crippen molar-refractivity contribution in [1.29, 1.82) is 0 Å². The Labute approximate surface area is 171 Å². The maximum absolute atomic E-state index is 13.0. The van der Waals surface area contributed by atoms with Crippen molar-refractivity contribution < 1.29 is 17.9 Å². The molecule has 29 heavy (non-hydrogen) atoms. The van der Waals surface area contributed by atoms with Gasteiger partial charge in [0.1, 0.15) is 17.1 Å². The molecule has 5 nitrogen and oxygen atoms in total. The van der Waals surface area contributed by atoms with Crippen molar-refractivity contribution in [2.24, 2.45) is 12.5 Å². The van der Waals surface area contributed by atoms with Crippen LogP contribution in [0.15, 0.2) is 29.4 Å². The lowest BCUT2D eigenvalue weighted by Crippen LogP contribution is -2.17. The van der Waals surface area contributed by atoms with Crippen LogP contribution >= 0.6 is 11.8 Å². The van der Waals surface area contributed by atoms with Crippen LogP contribution in [0.2, 0.25) is 0 Å². The highest BCUT2D eigenvalue weighted by Gasteiger charge is 2.33. The Morgan fingerprint density at radius 1 is 1.10 bits per heavy atom. The number of imidazole rings is 1. The molecule has 0 aromatic carbocycles. The van der Waals surface area contributed by atoms with Crippen LogP contribution in [0, 0.1) is 5.41 Å². The molecule has 156 valence electrons. The summed E-state index contributed by atoms with van der Waals surface area (Å²) in [5.74, 6) is 1.94. The molecule has 3 heterocycles. The number of pyridine rings is 2. The molecule has 0 radical (unpaired) electrons. The van der Waals surface area contributed by atoms with Crippen molar-refractivity contribution in [2.45, 2.75) is 38.8 Å². The summed E-state index contributed by atoms with van der Waals surface area (Å²) >= 11 is 1.58. The maximum Gasteiger partial charge on any atom is 0.433 e. The quantitative estimate of drug-likeness (QED) is 0.500. The summed E-state index contributed by atoms with van der Waals surface area (Å²) in [6, 6.07) is 2.87. The third kappa shape index (κ3) is 4.83. The molecule has 0 spiro atoms. The van der Waals surface area contributed by atoms with E-state index in [0.717, 1.165) is 16.7 Å². The second kappa shape index (κ2) is 7.85. The smallest absolute Gasteiger partial charge is 0.433 e. The fraction of sp³-hybridized carbons (Fsp3) is 0.450. The molecule has 0 aliphatic carbocycles. The van der Waals surface area contributed by atoms with E-state index in [1.807, 2.05) is 13.0 Å². The van der Waals surface area contributed by atoms with Crippen LogP contribution in [0.3, 0.4) is 0 Å². The fourth-order valence-corrected chi connectivity index (χ4v) is 3.49. The number of halogens is 3. The molecule has 0 saturated heterocycles. The largest absolute Gasteiger partial charge is 0.491 e. The molecule has 0 unspecified atom stereocenters. The molecule has 0 amide bonds. The van der Waals surface area contributed by atoms with E-state index in [1.54, 1.807) is 29.6 Å². The highest BCUT2D eigenvalue weighted by Crippen LogP contribution is 2.35. The van der Waals surface area contributed by atoms with Crippen LogP contribution in [-0.2, 0) is 13.2 Å². The number of nitrogens with zero attached hydrogens (tertiary/aromatic N) is 4. The van der Waals surface area contributed by atoms with Gasteiger partial charge in [0, 0.05) is 11.9 Å². The van der Waals surface area contributed by atoms with Crippen LogP contribution in [0.4, 0.5) is 13.2 Å². The number of fused-ring (bicyclic) bond motifs is 1. The van der Waals surface area contributed by atoms with Gasteiger partial charge < -0.3 is 9.30 Å². The predicted octanol–water partition coefficient (Wildman–Crippen LogP) is 5.59. The molecule has 0 bridgehead atoms. The molecular formula is C20H23F3N4OS. The monoisotopic (exact) mass is 424 g/mol. The number of hydrogen-bond acceptors (Lipinski definition) is 5. The Morgan fingerprint density at radius 2 is 1.83 bits per heavy atom. The van der Waals surface area contributed by atoms with E-state index in [1.165, 1.54) is 6.20 Å². The van der Waals surface area contributed by atoms with Crippen molar-refractivity contribution in [3.8, 4) is 17.3 Å². The molecule has 0 saturated carbocycles. The molecule has 3 aromatic heterocycles. The van der Waals surface area contributed by atoms with Gasteiger partial charge in [-0.05, 0) is 23.3 Å². The van der Waals surface area contributed by atoms with Crippen LogP contribution in [0.5, 0.6) is 5.75 Å². The summed E-state index contributed by atoms with van der Waals surface area (Å²) in [5.41, 5.74) is 0.392. The first-order chi connectivity index (χ1) is 13.5. The van der Waals surface area contributed by atoms with Crippen LogP contribution in [0.1, 0.15) is 33.4 Å². The number of aromatic nitrogens is 4. The van der Waals surface area contributed by atoms with Crippen LogP contribution < -0.4 is 4.74 Å². The normalized spacial score (nSPS) is 12.6. The zero-order valence-electron chi connectivity index (χ0n) is 17.0. The molecule has 3 aromatic rings. The van der Waals surface area contributed by atoms with Gasteiger partial charge in [0.15, 0.2) is 5.82 Å². The van der Waals surface area contributed by atoms with E-state index in [2.05, 4.69) is 35.7 Å². The first-order valence-corrected chi connectivity index (χ1v) is 10.1. The average Bonchev–Trinajstić information content (AvgIpc) is 2.95. The first kappa shape index (κ1) is 21.4. The summed E-state index contributed by atoms with van der Waals surface area (Å²) in [6.45, 7) is 8.81. The molecule has 3 rings (SSSR count). The van der Waals surface area contributed by atoms with Gasteiger partial charge in [-0.25, -0.2) is 15.0 Å². The zero-order chi connectivity index (χ0) is 21.4. The van der Waals surface area contributed by atoms with Crippen molar-refractivity contribution in [3.05, 3.63) is 30.2 Å². The average molecular weight is 424 g/mol. The third-order valence-corrected chi connectivity index (χ3v) is 4.98. The number of aryl methyl sites for hydroxylation is 1. The van der Waals surface area contributed by atoms with Gasteiger partial charge in [-0.2, -0.15) is 13.2 Å². The lowest BCUT2D eigenvalue weighted by Gasteiger charge is -2.19. The van der Waals surface area contributed by atoms with E-state index < -0.39 is 11.9 Å². The second-order valence-corrected chi connectivity index (χ2v) is 9.16. The van der Waals surface area contributed by atoms with Crippen molar-refractivity contribution in [1.82, 2.24) is 19.5 Å². The molecule has 0 fully saturated rings. The first-order valence-electron chi connectivity index (χ1n) is 9.15. The van der Waals surface area contributed by atoms with Gasteiger partial charge in [0.2, 0.25) is 0 Å². The lowest BCUT2D eigenvalue weighted by atomic mass is 9.99. The zero-order valence-corrected chi connectivity index (χ0v) is 17.8. The maximum atomic E-state index is 13.0. The predicted molar refractivity (Wildman–Crippen MR) is 108 cm³/mol. The van der Waals surface area contributed by atoms with Gasteiger partial charge in [-0.15, -0.1) is 11.8 Å². The van der Waals surface area contributed by atoms with Crippen LogP contribution in [-0.4, -0.2) is 31.9 Å². The van der Waals surface area contributed by atoms with Crippen molar-refractivity contribution in [2.75, 3.05) is 12.4 Å². The molecular weight excluding hydrogens is 401 g/mol. The molecule has 0 aliphatic rings. The Bertz CT molecular complexity index is 1020. The van der Waals surface area contributed by atoms with E-state index in [9.17, 15) is 13.2 Å². The topological polar surface area (TPSA) is 52.8 Å². The Morgan fingerprint density at radius 3 is 2.45 bits per heavy atom. The summed E-state index contributed by atoms with van der Waals surface area (Å²) in [5, 5.41) is 0. The number of hydrogen-bond donors (Lipinski definition) is 0. The highest BCUT2D eigenvalue weighted by atomic mass is 32.2. The minimum absolute atomic E-state index is 0.0112. The summed E-state index contributed by atoms with van der Waals surface area (Å²) in [4.78, 5) is 13.3. The lowest BCUT2D eigenvalue weighted by molar-refractivity contribution is -0.141. The van der Waals surface area contributed by atoms with Crippen molar-refractivity contribution in [3.63, 3.8) is 0 Å². The minimum Gasteiger partial charge on any atom is -0.491 e. The molecule has 9 heteroatoms.